The number of amides is 4. The van der Waals surface area contributed by atoms with Gasteiger partial charge >= 0.3 is 6.03 Å². The van der Waals surface area contributed by atoms with Gasteiger partial charge in [0.25, 0.3) is 5.91 Å². The first-order chi connectivity index (χ1) is 13.6. The van der Waals surface area contributed by atoms with Gasteiger partial charge < -0.3 is 11.1 Å². The van der Waals surface area contributed by atoms with Gasteiger partial charge in [0.05, 0.1) is 12.5 Å². The third-order valence-electron chi connectivity index (χ3n) is 4.29. The zero-order valence-corrected chi connectivity index (χ0v) is 18.2. The summed E-state index contributed by atoms with van der Waals surface area (Å²) >= 11 is 3.35. The van der Waals surface area contributed by atoms with Crippen LogP contribution in [0.4, 0.5) is 4.79 Å². The second kappa shape index (κ2) is 9.56. The van der Waals surface area contributed by atoms with Gasteiger partial charge in [0, 0.05) is 10.0 Å². The van der Waals surface area contributed by atoms with Gasteiger partial charge in [-0.15, -0.1) is 0 Å². The van der Waals surface area contributed by atoms with E-state index in [9.17, 15) is 14.4 Å². The zero-order chi connectivity index (χ0) is 21.6. The van der Waals surface area contributed by atoms with E-state index in [0.29, 0.717) is 11.1 Å². The van der Waals surface area contributed by atoms with E-state index >= 15 is 0 Å². The van der Waals surface area contributed by atoms with Gasteiger partial charge in [-0.05, 0) is 40.8 Å². The lowest BCUT2D eigenvalue weighted by Gasteiger charge is -2.19. The summed E-state index contributed by atoms with van der Waals surface area (Å²) in [6.45, 7) is 6.26. The molecule has 1 unspecified atom stereocenters. The molecule has 0 bridgehead atoms. The number of hydrogen-bond acceptors (Lipinski definition) is 3. The van der Waals surface area contributed by atoms with Crippen LogP contribution in [-0.2, 0) is 10.2 Å². The van der Waals surface area contributed by atoms with Gasteiger partial charge in [0.1, 0.15) is 0 Å². The predicted octanol–water partition coefficient (Wildman–Crippen LogP) is 3.31. The minimum Gasteiger partial charge on any atom is -0.352 e. The highest BCUT2D eigenvalue weighted by Gasteiger charge is 2.19. The quantitative estimate of drug-likeness (QED) is 0.513. The SMILES string of the molecule is CC(C)(C)c1ccc(C(=O)NNC(=O)CC(NC(N)=O)c2cccc(Br)c2)cc1. The van der Waals surface area contributed by atoms with Crippen LogP contribution in [0.25, 0.3) is 0 Å². The van der Waals surface area contributed by atoms with Crippen LogP contribution in [0.2, 0.25) is 0 Å². The summed E-state index contributed by atoms with van der Waals surface area (Å²) in [5.74, 6) is -0.899. The van der Waals surface area contributed by atoms with Crippen molar-refractivity contribution in [3.8, 4) is 0 Å². The first-order valence-electron chi connectivity index (χ1n) is 9.07. The van der Waals surface area contributed by atoms with Crippen molar-refractivity contribution >= 4 is 33.8 Å². The van der Waals surface area contributed by atoms with Crippen LogP contribution >= 0.6 is 15.9 Å². The number of nitrogens with two attached hydrogens (primary N) is 1. The minimum atomic E-state index is -0.745. The number of carbonyl (C=O) groups is 3. The summed E-state index contributed by atoms with van der Waals surface area (Å²) in [6, 6.07) is 13.0. The Morgan fingerprint density at radius 2 is 1.69 bits per heavy atom. The molecule has 0 saturated heterocycles. The number of primary amides is 1. The summed E-state index contributed by atoms with van der Waals surface area (Å²) in [5.41, 5.74) is 12.2. The second-order valence-corrected chi connectivity index (χ2v) is 8.57. The number of carbonyl (C=O) groups excluding carboxylic acids is 3. The fourth-order valence-electron chi connectivity index (χ4n) is 2.70. The predicted molar refractivity (Wildman–Crippen MR) is 115 cm³/mol. The molecule has 2 aromatic rings. The van der Waals surface area contributed by atoms with Crippen molar-refractivity contribution in [1.29, 1.82) is 0 Å². The van der Waals surface area contributed by atoms with E-state index in [1.165, 1.54) is 0 Å². The first kappa shape index (κ1) is 22.4. The molecule has 0 aliphatic rings. The van der Waals surface area contributed by atoms with Crippen molar-refractivity contribution in [2.45, 2.75) is 38.6 Å². The Morgan fingerprint density at radius 3 is 2.24 bits per heavy atom. The van der Waals surface area contributed by atoms with Crippen LogP contribution in [0.3, 0.4) is 0 Å². The standard InChI is InChI=1S/C21H25BrN4O3/c1-21(2,3)15-9-7-13(8-10-15)19(28)26-25-18(27)12-17(24-20(23)29)14-5-4-6-16(22)11-14/h4-11,17H,12H2,1-3H3,(H,25,27)(H,26,28)(H3,23,24,29). The Morgan fingerprint density at radius 1 is 1.03 bits per heavy atom. The molecule has 1 atom stereocenters. The smallest absolute Gasteiger partial charge is 0.312 e. The number of halogens is 1. The summed E-state index contributed by atoms with van der Waals surface area (Å²) in [6.07, 6.45) is -0.0946. The molecule has 0 spiro atoms. The van der Waals surface area contributed by atoms with Crippen molar-refractivity contribution in [3.63, 3.8) is 0 Å². The number of urea groups is 1. The van der Waals surface area contributed by atoms with Crippen LogP contribution < -0.4 is 21.9 Å². The lowest BCUT2D eigenvalue weighted by molar-refractivity contribution is -0.122. The van der Waals surface area contributed by atoms with E-state index < -0.39 is 23.9 Å². The van der Waals surface area contributed by atoms with Gasteiger partial charge in [-0.1, -0.05) is 61.0 Å². The molecule has 2 aromatic carbocycles. The van der Waals surface area contributed by atoms with Crippen molar-refractivity contribution in [2.75, 3.05) is 0 Å². The molecular formula is C21H25BrN4O3. The lowest BCUT2D eigenvalue weighted by Crippen LogP contribution is -2.44. The summed E-state index contributed by atoms with van der Waals surface area (Å²) in [5, 5.41) is 2.54. The fourth-order valence-corrected chi connectivity index (χ4v) is 3.12. The topological polar surface area (TPSA) is 113 Å². The summed E-state index contributed by atoms with van der Waals surface area (Å²) in [4.78, 5) is 35.8. The maximum Gasteiger partial charge on any atom is 0.312 e. The average Bonchev–Trinajstić information content (AvgIpc) is 2.64. The van der Waals surface area contributed by atoms with Gasteiger partial charge in [-0.3, -0.25) is 20.4 Å². The lowest BCUT2D eigenvalue weighted by atomic mass is 9.87. The van der Waals surface area contributed by atoms with Gasteiger partial charge in [-0.2, -0.15) is 0 Å². The van der Waals surface area contributed by atoms with E-state index in [1.807, 2.05) is 18.2 Å². The number of benzene rings is 2. The molecule has 0 aliphatic heterocycles. The van der Waals surface area contributed by atoms with Gasteiger partial charge in [-0.25, -0.2) is 4.79 Å². The maximum atomic E-state index is 12.3. The van der Waals surface area contributed by atoms with Crippen LogP contribution in [0.1, 0.15) is 54.7 Å². The minimum absolute atomic E-state index is 0.0158. The molecule has 0 saturated carbocycles. The Bertz CT molecular complexity index is 892. The molecule has 0 fully saturated rings. The Kier molecular flexibility index (Phi) is 7.39. The largest absolute Gasteiger partial charge is 0.352 e. The van der Waals surface area contributed by atoms with Crippen molar-refractivity contribution in [2.24, 2.45) is 5.73 Å². The molecular weight excluding hydrogens is 436 g/mol. The molecule has 2 rings (SSSR count). The highest BCUT2D eigenvalue weighted by molar-refractivity contribution is 9.10. The van der Waals surface area contributed by atoms with E-state index in [-0.39, 0.29) is 11.8 Å². The van der Waals surface area contributed by atoms with E-state index in [4.69, 9.17) is 5.73 Å². The highest BCUT2D eigenvalue weighted by atomic mass is 79.9. The van der Waals surface area contributed by atoms with Gasteiger partial charge in [0.2, 0.25) is 5.91 Å². The highest BCUT2D eigenvalue weighted by Crippen LogP contribution is 2.22. The van der Waals surface area contributed by atoms with E-state index in [1.54, 1.807) is 30.3 Å². The van der Waals surface area contributed by atoms with Crippen LogP contribution in [0, 0.1) is 0 Å². The van der Waals surface area contributed by atoms with Crippen LogP contribution in [-0.4, -0.2) is 17.8 Å². The summed E-state index contributed by atoms with van der Waals surface area (Å²) < 4.78 is 0.804. The summed E-state index contributed by atoms with van der Waals surface area (Å²) in [7, 11) is 0. The molecule has 5 N–H and O–H groups in total. The molecule has 0 aliphatic carbocycles. The number of hydrogen-bond donors (Lipinski definition) is 4. The van der Waals surface area contributed by atoms with E-state index in [0.717, 1.165) is 10.0 Å². The molecule has 154 valence electrons. The molecule has 4 amide bonds. The molecule has 0 radical (unpaired) electrons. The molecule has 8 heteroatoms. The number of hydrazine groups is 1. The monoisotopic (exact) mass is 460 g/mol. The average molecular weight is 461 g/mol. The van der Waals surface area contributed by atoms with Crippen LogP contribution in [0.5, 0.6) is 0 Å². The number of nitrogens with one attached hydrogen (secondary N) is 3. The maximum absolute atomic E-state index is 12.3. The normalized spacial score (nSPS) is 12.0. The van der Waals surface area contributed by atoms with E-state index in [2.05, 4.69) is 52.9 Å². The zero-order valence-electron chi connectivity index (χ0n) is 16.6. The second-order valence-electron chi connectivity index (χ2n) is 7.65. The first-order valence-corrected chi connectivity index (χ1v) is 9.86. The fraction of sp³-hybridized carbons (Fsp3) is 0.286. The molecule has 0 aromatic heterocycles. The van der Waals surface area contributed by atoms with Crippen molar-refractivity contribution in [3.05, 3.63) is 69.7 Å². The van der Waals surface area contributed by atoms with Gasteiger partial charge in [0.15, 0.2) is 0 Å². The van der Waals surface area contributed by atoms with Crippen molar-refractivity contribution < 1.29 is 14.4 Å². The molecule has 0 heterocycles. The number of rotatable bonds is 5. The molecule has 29 heavy (non-hydrogen) atoms. The third kappa shape index (κ3) is 6.90. The Hall–Kier alpha value is -2.87. The van der Waals surface area contributed by atoms with Crippen LogP contribution in [0.15, 0.2) is 53.0 Å². The third-order valence-corrected chi connectivity index (χ3v) is 4.78. The molecule has 7 nitrogen and oxygen atoms in total. The van der Waals surface area contributed by atoms with Crippen molar-refractivity contribution in [1.82, 2.24) is 16.2 Å². The Labute approximate surface area is 178 Å². The Balaban J connectivity index is 1.97.